The van der Waals surface area contributed by atoms with Crippen LogP contribution in [0, 0.1) is 0 Å². The van der Waals surface area contributed by atoms with Gasteiger partial charge in [0.2, 0.25) is 0 Å². The van der Waals surface area contributed by atoms with Gasteiger partial charge in [-0.15, -0.1) is 0 Å². The molecule has 1 aromatic carbocycles. The summed E-state index contributed by atoms with van der Waals surface area (Å²) in [5.74, 6) is 1.27. The molecule has 0 amide bonds. The van der Waals surface area contributed by atoms with E-state index in [4.69, 9.17) is 18.6 Å². The van der Waals surface area contributed by atoms with E-state index in [-0.39, 0.29) is 11.6 Å². The lowest BCUT2D eigenvalue weighted by molar-refractivity contribution is -0.130. The molecule has 1 aromatic heterocycles. The number of furan rings is 1. The second-order valence-electron chi connectivity index (χ2n) is 4.66. The molecule has 0 aliphatic carbocycles. The van der Waals surface area contributed by atoms with Crippen molar-refractivity contribution in [1.29, 1.82) is 0 Å². The predicted molar refractivity (Wildman–Crippen MR) is 83.5 cm³/mol. The molecular formula is C17H15NO5. The summed E-state index contributed by atoms with van der Waals surface area (Å²) in [7, 11) is 1.57. The van der Waals surface area contributed by atoms with Crippen LogP contribution in [0.2, 0.25) is 0 Å². The van der Waals surface area contributed by atoms with Crippen LogP contribution < -0.4 is 9.47 Å². The maximum absolute atomic E-state index is 11.9. The van der Waals surface area contributed by atoms with Crippen LogP contribution in [-0.4, -0.2) is 25.6 Å². The number of benzene rings is 1. The molecule has 1 aliphatic heterocycles. The third kappa shape index (κ3) is 3.11. The van der Waals surface area contributed by atoms with E-state index in [1.165, 1.54) is 6.26 Å². The Morgan fingerprint density at radius 1 is 1.26 bits per heavy atom. The fraction of sp³-hybridized carbons (Fsp3) is 0.176. The van der Waals surface area contributed by atoms with Crippen LogP contribution in [0.25, 0.3) is 6.08 Å². The van der Waals surface area contributed by atoms with Crippen LogP contribution in [-0.2, 0) is 9.53 Å². The van der Waals surface area contributed by atoms with Gasteiger partial charge in [0, 0.05) is 0 Å². The van der Waals surface area contributed by atoms with Crippen LogP contribution in [0.15, 0.2) is 51.7 Å². The first kappa shape index (κ1) is 14.9. The van der Waals surface area contributed by atoms with Gasteiger partial charge < -0.3 is 18.6 Å². The maximum Gasteiger partial charge on any atom is 0.363 e. The van der Waals surface area contributed by atoms with Crippen molar-refractivity contribution in [2.75, 3.05) is 13.7 Å². The van der Waals surface area contributed by atoms with Crippen LogP contribution >= 0.6 is 0 Å². The molecule has 118 valence electrons. The molecule has 0 fully saturated rings. The smallest absolute Gasteiger partial charge is 0.363 e. The van der Waals surface area contributed by atoms with Gasteiger partial charge in [0.05, 0.1) is 20.0 Å². The molecule has 2 aromatic rings. The van der Waals surface area contributed by atoms with E-state index in [0.717, 1.165) is 5.56 Å². The summed E-state index contributed by atoms with van der Waals surface area (Å²) >= 11 is 0. The van der Waals surface area contributed by atoms with Crippen molar-refractivity contribution in [3.8, 4) is 11.5 Å². The largest absolute Gasteiger partial charge is 0.493 e. The van der Waals surface area contributed by atoms with Crippen molar-refractivity contribution in [3.63, 3.8) is 0 Å². The first-order chi connectivity index (χ1) is 11.2. The Balaban J connectivity index is 1.92. The highest BCUT2D eigenvalue weighted by molar-refractivity contribution is 6.11. The Labute approximate surface area is 133 Å². The number of cyclic esters (lactones) is 1. The first-order valence-electron chi connectivity index (χ1n) is 7.08. The van der Waals surface area contributed by atoms with E-state index in [1.807, 2.05) is 13.0 Å². The van der Waals surface area contributed by atoms with Crippen molar-refractivity contribution >= 4 is 17.9 Å². The van der Waals surface area contributed by atoms with Crippen LogP contribution in [0.5, 0.6) is 11.5 Å². The average molecular weight is 313 g/mol. The van der Waals surface area contributed by atoms with E-state index in [2.05, 4.69) is 4.99 Å². The number of hydrogen-bond acceptors (Lipinski definition) is 6. The molecule has 0 spiro atoms. The zero-order valence-electron chi connectivity index (χ0n) is 12.7. The lowest BCUT2D eigenvalue weighted by atomic mass is 10.1. The van der Waals surface area contributed by atoms with Crippen molar-refractivity contribution in [3.05, 3.63) is 53.6 Å². The lowest BCUT2D eigenvalue weighted by Gasteiger charge is -2.09. The molecule has 2 heterocycles. The Morgan fingerprint density at radius 3 is 2.83 bits per heavy atom. The molecule has 0 N–H and O–H groups in total. The molecule has 6 heteroatoms. The number of esters is 1. The van der Waals surface area contributed by atoms with Crippen LogP contribution in [0.1, 0.15) is 18.2 Å². The van der Waals surface area contributed by atoms with Gasteiger partial charge >= 0.3 is 5.97 Å². The minimum atomic E-state index is -0.523. The maximum atomic E-state index is 11.9. The molecular weight excluding hydrogens is 298 g/mol. The normalized spacial score (nSPS) is 15.5. The Kier molecular flexibility index (Phi) is 4.14. The van der Waals surface area contributed by atoms with Gasteiger partial charge in [0.15, 0.2) is 23.0 Å². The van der Waals surface area contributed by atoms with Crippen molar-refractivity contribution < 1.29 is 23.4 Å². The van der Waals surface area contributed by atoms with Crippen molar-refractivity contribution in [2.24, 2.45) is 4.99 Å². The summed E-state index contributed by atoms with van der Waals surface area (Å²) in [5, 5.41) is 0. The van der Waals surface area contributed by atoms with Gasteiger partial charge in [-0.25, -0.2) is 9.79 Å². The van der Waals surface area contributed by atoms with E-state index in [0.29, 0.717) is 23.9 Å². The zero-order chi connectivity index (χ0) is 16.2. The Bertz CT molecular complexity index is 774. The van der Waals surface area contributed by atoms with E-state index < -0.39 is 5.97 Å². The summed E-state index contributed by atoms with van der Waals surface area (Å²) < 4.78 is 21.0. The number of aliphatic imine (C=N–C) groups is 1. The van der Waals surface area contributed by atoms with Crippen molar-refractivity contribution in [1.82, 2.24) is 0 Å². The van der Waals surface area contributed by atoms with Crippen molar-refractivity contribution in [2.45, 2.75) is 6.92 Å². The molecule has 0 bridgehead atoms. The van der Waals surface area contributed by atoms with E-state index >= 15 is 0 Å². The highest BCUT2D eigenvalue weighted by Gasteiger charge is 2.25. The number of carbonyl (C=O) groups is 1. The highest BCUT2D eigenvalue weighted by Crippen LogP contribution is 2.29. The molecule has 0 saturated heterocycles. The zero-order valence-corrected chi connectivity index (χ0v) is 12.7. The number of methoxy groups -OCH3 is 1. The minimum absolute atomic E-state index is 0.157. The Morgan fingerprint density at radius 2 is 2.13 bits per heavy atom. The van der Waals surface area contributed by atoms with Gasteiger partial charge in [0.1, 0.15) is 0 Å². The van der Waals surface area contributed by atoms with Gasteiger partial charge in [-0.2, -0.15) is 0 Å². The van der Waals surface area contributed by atoms with Gasteiger partial charge in [-0.3, -0.25) is 0 Å². The number of nitrogens with zero attached hydrogens (tertiary/aromatic N) is 1. The second-order valence-corrected chi connectivity index (χ2v) is 4.66. The molecule has 0 atom stereocenters. The molecule has 6 nitrogen and oxygen atoms in total. The summed E-state index contributed by atoms with van der Waals surface area (Å²) in [6, 6.07) is 8.74. The highest BCUT2D eigenvalue weighted by atomic mass is 16.6. The fourth-order valence-electron chi connectivity index (χ4n) is 2.12. The van der Waals surface area contributed by atoms with Gasteiger partial charge in [-0.1, -0.05) is 6.07 Å². The molecule has 23 heavy (non-hydrogen) atoms. The van der Waals surface area contributed by atoms with E-state index in [1.54, 1.807) is 37.5 Å². The number of hydrogen-bond donors (Lipinski definition) is 0. The summed E-state index contributed by atoms with van der Waals surface area (Å²) in [5.41, 5.74) is 0.953. The third-order valence-electron chi connectivity index (χ3n) is 3.14. The minimum Gasteiger partial charge on any atom is -0.493 e. The van der Waals surface area contributed by atoms with Crippen LogP contribution in [0.4, 0.5) is 0 Å². The topological polar surface area (TPSA) is 70.3 Å². The fourth-order valence-corrected chi connectivity index (χ4v) is 2.12. The predicted octanol–water partition coefficient (Wildman–Crippen LogP) is 3.03. The molecule has 1 aliphatic rings. The first-order valence-corrected chi connectivity index (χ1v) is 7.08. The average Bonchev–Trinajstić information content (AvgIpc) is 3.19. The lowest BCUT2D eigenvalue weighted by Crippen LogP contribution is -2.04. The number of rotatable bonds is 5. The summed E-state index contributed by atoms with van der Waals surface area (Å²) in [6.07, 6.45) is 3.12. The Hall–Kier alpha value is -3.02. The molecule has 0 radical (unpaired) electrons. The summed E-state index contributed by atoms with van der Waals surface area (Å²) in [4.78, 5) is 16.1. The molecule has 0 unspecified atom stereocenters. The van der Waals surface area contributed by atoms with Crippen LogP contribution in [0.3, 0.4) is 0 Å². The van der Waals surface area contributed by atoms with Gasteiger partial charge in [-0.05, 0) is 42.8 Å². The number of ether oxygens (including phenoxy) is 3. The quantitative estimate of drug-likeness (QED) is 0.627. The van der Waals surface area contributed by atoms with E-state index in [9.17, 15) is 4.79 Å². The standard InChI is InChI=1S/C17H15NO5/c1-3-21-15-10-11(6-7-13(15)20-2)9-12-17(19)23-16(18-12)14-5-4-8-22-14/h4-10H,3H2,1-2H3/b12-9-. The summed E-state index contributed by atoms with van der Waals surface area (Å²) in [6.45, 7) is 2.40. The monoisotopic (exact) mass is 313 g/mol. The SMILES string of the molecule is CCOc1cc(/C=C2\N=C(c3ccco3)OC2=O)ccc1OC. The third-order valence-corrected chi connectivity index (χ3v) is 3.14. The molecule has 0 saturated carbocycles. The molecule has 3 rings (SSSR count). The number of carbonyl (C=O) groups excluding carboxylic acids is 1. The van der Waals surface area contributed by atoms with Gasteiger partial charge in [0.25, 0.3) is 5.90 Å². The second kappa shape index (κ2) is 6.39.